The Kier molecular flexibility index (Phi) is 6.86. The van der Waals surface area contributed by atoms with Crippen LogP contribution in [0.3, 0.4) is 0 Å². The summed E-state index contributed by atoms with van der Waals surface area (Å²) in [6, 6.07) is 0.823. The number of likely N-dealkylation sites (tertiary alicyclic amines) is 1. The van der Waals surface area contributed by atoms with Crippen LogP contribution in [0.1, 0.15) is 32.1 Å². The van der Waals surface area contributed by atoms with Gasteiger partial charge in [0.2, 0.25) is 0 Å². The second kappa shape index (κ2) is 7.64. The maximum absolute atomic E-state index is 3.48. The minimum absolute atomic E-state index is 0.823. The first kappa shape index (κ1) is 13.5. The SMILES string of the molecule is CN(C)C1CCN(CCCCCBr)CC1. The van der Waals surface area contributed by atoms with Crippen LogP contribution in [0.5, 0.6) is 0 Å². The second-order valence-corrected chi connectivity index (χ2v) is 5.58. The Hall–Kier alpha value is 0.400. The van der Waals surface area contributed by atoms with Gasteiger partial charge in [0.1, 0.15) is 0 Å². The smallest absolute Gasteiger partial charge is 0.0113 e. The Labute approximate surface area is 103 Å². The molecule has 1 aliphatic heterocycles. The van der Waals surface area contributed by atoms with Gasteiger partial charge in [-0.15, -0.1) is 0 Å². The van der Waals surface area contributed by atoms with E-state index in [4.69, 9.17) is 0 Å². The molecule has 0 aliphatic carbocycles. The average molecular weight is 277 g/mol. The second-order valence-electron chi connectivity index (χ2n) is 4.79. The summed E-state index contributed by atoms with van der Waals surface area (Å²) in [5.74, 6) is 0. The fraction of sp³-hybridized carbons (Fsp3) is 1.00. The molecule has 0 unspecified atom stereocenters. The van der Waals surface area contributed by atoms with Gasteiger partial charge in [0, 0.05) is 11.4 Å². The Morgan fingerprint density at radius 1 is 1.13 bits per heavy atom. The third-order valence-electron chi connectivity index (χ3n) is 3.40. The van der Waals surface area contributed by atoms with Crippen molar-refractivity contribution in [3.05, 3.63) is 0 Å². The lowest BCUT2D eigenvalue weighted by atomic mass is 10.0. The molecular weight excluding hydrogens is 252 g/mol. The van der Waals surface area contributed by atoms with Crippen molar-refractivity contribution >= 4 is 15.9 Å². The van der Waals surface area contributed by atoms with E-state index < -0.39 is 0 Å². The van der Waals surface area contributed by atoms with Gasteiger partial charge in [-0.05, 0) is 59.4 Å². The fourth-order valence-electron chi connectivity index (χ4n) is 2.27. The van der Waals surface area contributed by atoms with E-state index >= 15 is 0 Å². The van der Waals surface area contributed by atoms with Gasteiger partial charge in [0.25, 0.3) is 0 Å². The van der Waals surface area contributed by atoms with Crippen LogP contribution >= 0.6 is 15.9 Å². The van der Waals surface area contributed by atoms with Crippen LogP contribution in [0.15, 0.2) is 0 Å². The molecular formula is C12H25BrN2. The Morgan fingerprint density at radius 3 is 2.33 bits per heavy atom. The van der Waals surface area contributed by atoms with Crippen molar-refractivity contribution in [1.29, 1.82) is 0 Å². The lowest BCUT2D eigenvalue weighted by molar-refractivity contribution is 0.143. The highest BCUT2D eigenvalue weighted by atomic mass is 79.9. The molecule has 1 rings (SSSR count). The monoisotopic (exact) mass is 276 g/mol. The fourth-order valence-corrected chi connectivity index (χ4v) is 2.66. The van der Waals surface area contributed by atoms with Crippen molar-refractivity contribution in [2.24, 2.45) is 0 Å². The van der Waals surface area contributed by atoms with E-state index in [1.807, 2.05) is 0 Å². The molecule has 0 saturated carbocycles. The molecule has 0 aromatic carbocycles. The first-order chi connectivity index (χ1) is 7.24. The molecule has 0 atom stereocenters. The molecule has 0 bridgehead atoms. The first-order valence-electron chi connectivity index (χ1n) is 6.19. The van der Waals surface area contributed by atoms with E-state index in [0.717, 1.165) is 11.4 Å². The molecule has 15 heavy (non-hydrogen) atoms. The van der Waals surface area contributed by atoms with Crippen LogP contribution in [0.4, 0.5) is 0 Å². The number of nitrogens with zero attached hydrogens (tertiary/aromatic N) is 2. The zero-order valence-corrected chi connectivity index (χ0v) is 11.8. The Balaban J connectivity index is 2.04. The highest BCUT2D eigenvalue weighted by Gasteiger charge is 2.19. The molecule has 90 valence electrons. The number of alkyl halides is 1. The molecule has 1 aliphatic rings. The normalized spacial score (nSPS) is 20.0. The number of hydrogen-bond donors (Lipinski definition) is 0. The standard InChI is InChI=1S/C12H25BrN2/c1-14(2)12-6-10-15(11-7-12)9-5-3-4-8-13/h12H,3-11H2,1-2H3. The van der Waals surface area contributed by atoms with Gasteiger partial charge < -0.3 is 9.80 Å². The first-order valence-corrected chi connectivity index (χ1v) is 7.31. The number of unbranched alkanes of at least 4 members (excludes halogenated alkanes) is 2. The van der Waals surface area contributed by atoms with E-state index in [2.05, 4.69) is 39.8 Å². The largest absolute Gasteiger partial charge is 0.306 e. The van der Waals surface area contributed by atoms with Crippen molar-refractivity contribution in [3.63, 3.8) is 0 Å². The van der Waals surface area contributed by atoms with Gasteiger partial charge in [0.15, 0.2) is 0 Å². The highest BCUT2D eigenvalue weighted by molar-refractivity contribution is 9.09. The van der Waals surface area contributed by atoms with Gasteiger partial charge in [-0.25, -0.2) is 0 Å². The van der Waals surface area contributed by atoms with Crippen molar-refractivity contribution in [2.75, 3.05) is 39.1 Å². The van der Waals surface area contributed by atoms with E-state index in [-0.39, 0.29) is 0 Å². The number of piperidine rings is 1. The molecule has 1 fully saturated rings. The molecule has 1 saturated heterocycles. The highest BCUT2D eigenvalue weighted by Crippen LogP contribution is 2.14. The predicted molar refractivity (Wildman–Crippen MR) is 70.8 cm³/mol. The van der Waals surface area contributed by atoms with Crippen LogP contribution in [0, 0.1) is 0 Å². The van der Waals surface area contributed by atoms with Crippen LogP contribution in [0.25, 0.3) is 0 Å². The third-order valence-corrected chi connectivity index (χ3v) is 3.96. The molecule has 2 nitrogen and oxygen atoms in total. The number of rotatable bonds is 6. The molecule has 1 heterocycles. The summed E-state index contributed by atoms with van der Waals surface area (Å²) in [7, 11) is 4.41. The van der Waals surface area contributed by atoms with Crippen molar-refractivity contribution in [2.45, 2.75) is 38.1 Å². The summed E-state index contributed by atoms with van der Waals surface area (Å²) in [4.78, 5) is 5.01. The van der Waals surface area contributed by atoms with Crippen molar-refractivity contribution in [1.82, 2.24) is 9.80 Å². The maximum atomic E-state index is 3.48. The molecule has 0 N–H and O–H groups in total. The molecule has 0 aromatic heterocycles. The lowest BCUT2D eigenvalue weighted by Crippen LogP contribution is -2.42. The van der Waals surface area contributed by atoms with Crippen LogP contribution < -0.4 is 0 Å². The minimum Gasteiger partial charge on any atom is -0.306 e. The Morgan fingerprint density at radius 2 is 1.80 bits per heavy atom. The van der Waals surface area contributed by atoms with E-state index in [1.54, 1.807) is 0 Å². The van der Waals surface area contributed by atoms with Gasteiger partial charge >= 0.3 is 0 Å². The van der Waals surface area contributed by atoms with Gasteiger partial charge in [-0.2, -0.15) is 0 Å². The Bertz CT molecular complexity index is 154. The molecule has 0 aromatic rings. The maximum Gasteiger partial charge on any atom is 0.0113 e. The summed E-state index contributed by atoms with van der Waals surface area (Å²) >= 11 is 3.48. The molecule has 0 amide bonds. The molecule has 3 heteroatoms. The van der Waals surface area contributed by atoms with E-state index in [1.165, 1.54) is 51.7 Å². The van der Waals surface area contributed by atoms with E-state index in [9.17, 15) is 0 Å². The zero-order chi connectivity index (χ0) is 11.1. The van der Waals surface area contributed by atoms with Crippen LogP contribution in [-0.4, -0.2) is 54.9 Å². The van der Waals surface area contributed by atoms with Crippen molar-refractivity contribution in [3.8, 4) is 0 Å². The van der Waals surface area contributed by atoms with Crippen molar-refractivity contribution < 1.29 is 0 Å². The minimum atomic E-state index is 0.823. The third kappa shape index (κ3) is 5.32. The molecule has 0 radical (unpaired) electrons. The van der Waals surface area contributed by atoms with Gasteiger partial charge in [-0.1, -0.05) is 22.4 Å². The number of halogens is 1. The van der Waals surface area contributed by atoms with Gasteiger partial charge in [0.05, 0.1) is 0 Å². The number of hydrogen-bond acceptors (Lipinski definition) is 2. The topological polar surface area (TPSA) is 6.48 Å². The van der Waals surface area contributed by atoms with Crippen LogP contribution in [0.2, 0.25) is 0 Å². The summed E-state index contributed by atoms with van der Waals surface area (Å²) in [5, 5.41) is 1.16. The summed E-state index contributed by atoms with van der Waals surface area (Å²) < 4.78 is 0. The summed E-state index contributed by atoms with van der Waals surface area (Å²) in [6.45, 7) is 3.92. The lowest BCUT2D eigenvalue weighted by Gasteiger charge is -2.35. The summed E-state index contributed by atoms with van der Waals surface area (Å²) in [6.07, 6.45) is 6.78. The summed E-state index contributed by atoms with van der Waals surface area (Å²) in [5.41, 5.74) is 0. The quantitative estimate of drug-likeness (QED) is 0.544. The van der Waals surface area contributed by atoms with E-state index in [0.29, 0.717) is 0 Å². The average Bonchev–Trinajstić information content (AvgIpc) is 2.25. The van der Waals surface area contributed by atoms with Gasteiger partial charge in [-0.3, -0.25) is 0 Å². The zero-order valence-electron chi connectivity index (χ0n) is 10.2. The van der Waals surface area contributed by atoms with Crippen LogP contribution in [-0.2, 0) is 0 Å². The predicted octanol–water partition coefficient (Wildman–Crippen LogP) is 2.58. The molecule has 0 spiro atoms.